The summed E-state index contributed by atoms with van der Waals surface area (Å²) < 4.78 is 44.7. The number of urea groups is 1. The fourth-order valence-corrected chi connectivity index (χ4v) is 1.88. The molecule has 0 aliphatic heterocycles. The Hall–Kier alpha value is -2.59. The SMILES string of the molecule is C=N/C(Cl)=N\C=C(/C)NC(=O)Nc1cc(OCCN(C)C)cc(C(F)(F)F)c1. The summed E-state index contributed by atoms with van der Waals surface area (Å²) in [4.78, 5) is 20.9. The molecule has 0 aliphatic rings. The second-order valence-corrected chi connectivity index (χ2v) is 6.18. The summed E-state index contributed by atoms with van der Waals surface area (Å²) in [6.07, 6.45) is -3.37. The first-order valence-electron chi connectivity index (χ1n) is 7.96. The number of hydrogen-bond acceptors (Lipinski definition) is 4. The molecule has 0 saturated carbocycles. The van der Waals surface area contributed by atoms with Gasteiger partial charge in [0.05, 0.1) is 5.56 Å². The number of alkyl halides is 3. The molecule has 0 aliphatic carbocycles. The van der Waals surface area contributed by atoms with Crippen LogP contribution in [-0.2, 0) is 6.18 Å². The highest BCUT2D eigenvalue weighted by Crippen LogP contribution is 2.34. The zero-order valence-corrected chi connectivity index (χ0v) is 16.4. The van der Waals surface area contributed by atoms with Gasteiger partial charge in [0.1, 0.15) is 12.4 Å². The normalized spacial score (nSPS) is 12.7. The maximum atomic E-state index is 13.1. The minimum Gasteiger partial charge on any atom is -0.492 e. The molecule has 0 bridgehead atoms. The smallest absolute Gasteiger partial charge is 0.416 e. The van der Waals surface area contributed by atoms with Crippen molar-refractivity contribution < 1.29 is 22.7 Å². The fraction of sp³-hybridized carbons (Fsp3) is 0.353. The van der Waals surface area contributed by atoms with Crippen LogP contribution in [0.4, 0.5) is 23.7 Å². The van der Waals surface area contributed by atoms with Gasteiger partial charge < -0.3 is 20.3 Å². The number of anilines is 1. The number of carbonyl (C=O) groups excluding carboxylic acids is 1. The number of hydrogen-bond donors (Lipinski definition) is 2. The van der Waals surface area contributed by atoms with Gasteiger partial charge in [-0.2, -0.15) is 13.2 Å². The maximum Gasteiger partial charge on any atom is 0.416 e. The number of amidine groups is 1. The van der Waals surface area contributed by atoms with E-state index in [-0.39, 0.29) is 29.0 Å². The van der Waals surface area contributed by atoms with Gasteiger partial charge in [-0.15, -0.1) is 0 Å². The number of nitrogens with zero attached hydrogens (tertiary/aromatic N) is 3. The van der Waals surface area contributed by atoms with Gasteiger partial charge in [0, 0.05) is 30.2 Å². The van der Waals surface area contributed by atoms with Crippen molar-refractivity contribution in [1.29, 1.82) is 0 Å². The van der Waals surface area contributed by atoms with Gasteiger partial charge in [-0.05, 0) is 51.5 Å². The third-order valence-electron chi connectivity index (χ3n) is 3.10. The van der Waals surface area contributed by atoms with Crippen molar-refractivity contribution in [2.75, 3.05) is 32.6 Å². The molecule has 0 saturated heterocycles. The molecule has 28 heavy (non-hydrogen) atoms. The molecule has 2 amide bonds. The van der Waals surface area contributed by atoms with E-state index in [1.807, 2.05) is 19.0 Å². The molecule has 0 fully saturated rings. The van der Waals surface area contributed by atoms with Crippen molar-refractivity contribution in [1.82, 2.24) is 10.2 Å². The Morgan fingerprint density at radius 2 is 2.04 bits per heavy atom. The second-order valence-electron chi connectivity index (χ2n) is 5.84. The summed E-state index contributed by atoms with van der Waals surface area (Å²) in [6, 6.07) is 2.24. The van der Waals surface area contributed by atoms with Gasteiger partial charge in [-0.1, -0.05) is 0 Å². The predicted octanol–water partition coefficient (Wildman–Crippen LogP) is 3.92. The Morgan fingerprint density at radius 1 is 1.36 bits per heavy atom. The Labute approximate surface area is 165 Å². The van der Waals surface area contributed by atoms with Gasteiger partial charge in [-0.25, -0.2) is 14.8 Å². The van der Waals surface area contributed by atoms with Crippen molar-refractivity contribution in [3.63, 3.8) is 0 Å². The van der Waals surface area contributed by atoms with Crippen molar-refractivity contribution in [3.8, 4) is 5.75 Å². The van der Waals surface area contributed by atoms with Crippen molar-refractivity contribution in [2.45, 2.75) is 13.1 Å². The molecule has 154 valence electrons. The topological polar surface area (TPSA) is 78.3 Å². The summed E-state index contributed by atoms with van der Waals surface area (Å²) in [5, 5.41) is 4.60. The average Bonchev–Trinajstić information content (AvgIpc) is 2.58. The lowest BCUT2D eigenvalue weighted by molar-refractivity contribution is -0.137. The molecular weight excluding hydrogens is 399 g/mol. The van der Waals surface area contributed by atoms with Crippen molar-refractivity contribution in [3.05, 3.63) is 35.7 Å². The number of nitrogens with one attached hydrogen (secondary N) is 2. The van der Waals surface area contributed by atoms with Crippen molar-refractivity contribution in [2.24, 2.45) is 9.98 Å². The van der Waals surface area contributed by atoms with Crippen LogP contribution in [0.25, 0.3) is 0 Å². The molecule has 2 N–H and O–H groups in total. The molecule has 0 spiro atoms. The van der Waals surface area contributed by atoms with Gasteiger partial charge in [-0.3, -0.25) is 0 Å². The minimum atomic E-state index is -4.59. The number of halogens is 4. The van der Waals surface area contributed by atoms with E-state index in [0.717, 1.165) is 12.1 Å². The summed E-state index contributed by atoms with van der Waals surface area (Å²) in [5.74, 6) is -0.00678. The predicted molar refractivity (Wildman–Crippen MR) is 104 cm³/mol. The van der Waals surface area contributed by atoms with E-state index < -0.39 is 17.8 Å². The van der Waals surface area contributed by atoms with Gasteiger partial charge in [0.2, 0.25) is 5.29 Å². The van der Waals surface area contributed by atoms with E-state index >= 15 is 0 Å². The first-order chi connectivity index (χ1) is 13.0. The lowest BCUT2D eigenvalue weighted by Crippen LogP contribution is -2.27. The zero-order chi connectivity index (χ0) is 21.3. The maximum absolute atomic E-state index is 13.1. The second kappa shape index (κ2) is 10.7. The number of ether oxygens (including phenoxy) is 1. The van der Waals surface area contributed by atoms with Crippen LogP contribution >= 0.6 is 11.6 Å². The third kappa shape index (κ3) is 8.87. The van der Waals surface area contributed by atoms with Crippen LogP contribution < -0.4 is 15.4 Å². The summed E-state index contributed by atoms with van der Waals surface area (Å²) >= 11 is 5.54. The lowest BCUT2D eigenvalue weighted by atomic mass is 10.2. The number of likely N-dealkylation sites (N-methyl/N-ethyl adjacent to an activating group) is 1. The van der Waals surface area contributed by atoms with E-state index in [0.29, 0.717) is 6.54 Å². The molecule has 11 heteroatoms. The molecule has 1 aromatic rings. The number of amides is 2. The van der Waals surface area contributed by atoms with Crippen LogP contribution in [0.15, 0.2) is 40.1 Å². The Bertz CT molecular complexity index is 764. The summed E-state index contributed by atoms with van der Waals surface area (Å²) in [5.41, 5.74) is -0.728. The quantitative estimate of drug-likeness (QED) is 0.399. The van der Waals surface area contributed by atoms with Crippen LogP contribution in [0.3, 0.4) is 0 Å². The fourth-order valence-electron chi connectivity index (χ4n) is 1.83. The first kappa shape index (κ1) is 23.4. The molecular formula is C17H21ClF3N5O2. The first-order valence-corrected chi connectivity index (χ1v) is 8.33. The third-order valence-corrected chi connectivity index (χ3v) is 3.32. The van der Waals surface area contributed by atoms with E-state index in [2.05, 4.69) is 27.3 Å². The number of aliphatic imine (C=N–C) groups is 2. The van der Waals surface area contributed by atoms with Crippen LogP contribution in [0.2, 0.25) is 0 Å². The molecule has 0 aromatic heterocycles. The molecule has 0 radical (unpaired) electrons. The van der Waals surface area contributed by atoms with Crippen LogP contribution in [0.1, 0.15) is 12.5 Å². The molecule has 1 aromatic carbocycles. The number of rotatable bonds is 7. The van der Waals surface area contributed by atoms with Gasteiger partial charge in [0.25, 0.3) is 0 Å². The largest absolute Gasteiger partial charge is 0.492 e. The lowest BCUT2D eigenvalue weighted by Gasteiger charge is -2.15. The Balaban J connectivity index is 2.92. The van der Waals surface area contributed by atoms with Crippen LogP contribution in [0, 0.1) is 0 Å². The highest BCUT2D eigenvalue weighted by atomic mass is 35.5. The Morgan fingerprint density at radius 3 is 2.61 bits per heavy atom. The number of carbonyl (C=O) groups is 1. The van der Waals surface area contributed by atoms with Gasteiger partial charge >= 0.3 is 12.2 Å². The number of benzene rings is 1. The molecule has 0 atom stereocenters. The summed E-state index contributed by atoms with van der Waals surface area (Å²) in [6.45, 7) is 5.40. The highest BCUT2D eigenvalue weighted by Gasteiger charge is 2.31. The average molecular weight is 420 g/mol. The van der Waals surface area contributed by atoms with E-state index in [9.17, 15) is 18.0 Å². The van der Waals surface area contributed by atoms with Crippen LogP contribution in [0.5, 0.6) is 5.75 Å². The Kier molecular flexibility index (Phi) is 8.93. The number of allylic oxidation sites excluding steroid dienone is 1. The van der Waals surface area contributed by atoms with Crippen molar-refractivity contribution >= 4 is 35.3 Å². The summed E-state index contributed by atoms with van der Waals surface area (Å²) in [7, 11) is 3.62. The molecule has 7 nitrogen and oxygen atoms in total. The van der Waals surface area contributed by atoms with Gasteiger partial charge in [0.15, 0.2) is 0 Å². The minimum absolute atomic E-state index is 0.00678. The molecule has 1 rings (SSSR count). The molecule has 0 unspecified atom stereocenters. The highest BCUT2D eigenvalue weighted by molar-refractivity contribution is 6.65. The monoisotopic (exact) mass is 419 g/mol. The van der Waals surface area contributed by atoms with E-state index in [1.54, 1.807) is 0 Å². The molecule has 0 heterocycles. The van der Waals surface area contributed by atoms with E-state index in [4.69, 9.17) is 16.3 Å². The van der Waals surface area contributed by atoms with E-state index in [1.165, 1.54) is 19.2 Å². The zero-order valence-electron chi connectivity index (χ0n) is 15.6. The standard InChI is InChI=1S/C17H21ClF3N5O2/c1-11(10-23-15(18)22-2)24-16(27)25-13-7-12(17(19,20)21)8-14(9-13)28-6-5-26(3)4/h7-10H,2,5-6H2,1,3-4H3,(H2,24,25,27)/b11-10+,23-15-. The van der Waals surface area contributed by atoms with Crippen LogP contribution in [-0.4, -0.2) is 50.2 Å².